The first kappa shape index (κ1) is 22.0. The van der Waals surface area contributed by atoms with E-state index < -0.39 is 0 Å². The number of nitrogens with zero attached hydrogens (tertiary/aromatic N) is 2. The standard InChI is InChI=1S/C27H24N2O4S/c1-31-23-14-13-19(16-24(23)32-2)17-28(18-20-8-7-15-33-20)27(30)29-21-9-3-5-11-25(21)34-26-12-6-4-10-22(26)29/h3-16H,17-18H2,1-2H3. The molecule has 0 fully saturated rings. The summed E-state index contributed by atoms with van der Waals surface area (Å²) in [7, 11) is 3.21. The fourth-order valence-electron chi connectivity index (χ4n) is 4.03. The number of ether oxygens (including phenoxy) is 2. The molecule has 1 aliphatic heterocycles. The Kier molecular flexibility index (Phi) is 6.18. The molecule has 0 atom stereocenters. The summed E-state index contributed by atoms with van der Waals surface area (Å²) in [6.07, 6.45) is 1.62. The minimum atomic E-state index is -0.133. The monoisotopic (exact) mass is 472 g/mol. The van der Waals surface area contributed by atoms with E-state index in [4.69, 9.17) is 13.9 Å². The van der Waals surface area contributed by atoms with Crippen molar-refractivity contribution in [2.24, 2.45) is 0 Å². The zero-order chi connectivity index (χ0) is 23.5. The summed E-state index contributed by atoms with van der Waals surface area (Å²) < 4.78 is 16.4. The Morgan fingerprint density at radius 3 is 2.15 bits per heavy atom. The van der Waals surface area contributed by atoms with Crippen LogP contribution in [0, 0.1) is 0 Å². The van der Waals surface area contributed by atoms with Crippen LogP contribution in [-0.2, 0) is 13.1 Å². The van der Waals surface area contributed by atoms with Crippen molar-refractivity contribution in [3.8, 4) is 11.5 Å². The molecule has 0 saturated carbocycles. The van der Waals surface area contributed by atoms with E-state index in [1.54, 1.807) is 42.0 Å². The predicted octanol–water partition coefficient (Wildman–Crippen LogP) is 6.72. The number of furan rings is 1. The molecule has 6 nitrogen and oxygen atoms in total. The number of methoxy groups -OCH3 is 2. The SMILES string of the molecule is COc1ccc(CN(Cc2ccco2)C(=O)N2c3ccccc3Sc3ccccc32)cc1OC. The fraction of sp³-hybridized carbons (Fsp3) is 0.148. The highest BCUT2D eigenvalue weighted by atomic mass is 32.2. The van der Waals surface area contributed by atoms with Crippen molar-refractivity contribution in [3.63, 3.8) is 0 Å². The number of amides is 2. The first-order valence-corrected chi connectivity index (χ1v) is 11.7. The molecule has 4 aromatic rings. The van der Waals surface area contributed by atoms with Gasteiger partial charge in [-0.3, -0.25) is 4.90 Å². The molecule has 5 rings (SSSR count). The smallest absolute Gasteiger partial charge is 0.329 e. The maximum atomic E-state index is 14.2. The number of carbonyl (C=O) groups is 1. The lowest BCUT2D eigenvalue weighted by molar-refractivity contribution is 0.196. The van der Waals surface area contributed by atoms with Crippen LogP contribution in [0.5, 0.6) is 11.5 Å². The van der Waals surface area contributed by atoms with Gasteiger partial charge in [-0.25, -0.2) is 4.79 Å². The normalized spacial score (nSPS) is 12.0. The van der Waals surface area contributed by atoms with Crippen LogP contribution in [-0.4, -0.2) is 25.2 Å². The number of para-hydroxylation sites is 2. The maximum absolute atomic E-state index is 14.2. The topological polar surface area (TPSA) is 55.2 Å². The molecule has 0 saturated heterocycles. The number of hydrogen-bond donors (Lipinski definition) is 0. The van der Waals surface area contributed by atoms with Crippen LogP contribution in [0.3, 0.4) is 0 Å². The number of benzene rings is 3. The minimum Gasteiger partial charge on any atom is -0.493 e. The molecule has 34 heavy (non-hydrogen) atoms. The molecule has 1 aromatic heterocycles. The van der Waals surface area contributed by atoms with Crippen LogP contribution < -0.4 is 14.4 Å². The third-order valence-corrected chi connectivity index (χ3v) is 6.77. The summed E-state index contributed by atoms with van der Waals surface area (Å²) >= 11 is 1.67. The molecular weight excluding hydrogens is 448 g/mol. The van der Waals surface area contributed by atoms with Gasteiger partial charge in [-0.05, 0) is 54.1 Å². The third-order valence-electron chi connectivity index (χ3n) is 5.64. The number of urea groups is 1. The second kappa shape index (κ2) is 9.57. The molecule has 3 aromatic carbocycles. The molecule has 7 heteroatoms. The molecule has 172 valence electrons. The summed E-state index contributed by atoms with van der Waals surface area (Å²) in [5.74, 6) is 1.98. The minimum absolute atomic E-state index is 0.133. The molecule has 2 amide bonds. The van der Waals surface area contributed by atoms with E-state index in [1.807, 2.05) is 78.9 Å². The van der Waals surface area contributed by atoms with Crippen LogP contribution in [0.4, 0.5) is 16.2 Å². The van der Waals surface area contributed by atoms with Crippen molar-refractivity contribution < 1.29 is 18.7 Å². The van der Waals surface area contributed by atoms with Gasteiger partial charge in [0.05, 0.1) is 38.4 Å². The van der Waals surface area contributed by atoms with Crippen LogP contribution in [0.15, 0.2) is 99.3 Å². The van der Waals surface area contributed by atoms with Crippen molar-refractivity contribution in [2.45, 2.75) is 22.9 Å². The van der Waals surface area contributed by atoms with E-state index in [0.29, 0.717) is 30.3 Å². The fourth-order valence-corrected chi connectivity index (χ4v) is 5.09. The largest absolute Gasteiger partial charge is 0.493 e. The lowest BCUT2D eigenvalue weighted by atomic mass is 10.1. The first-order valence-electron chi connectivity index (χ1n) is 10.9. The van der Waals surface area contributed by atoms with E-state index in [-0.39, 0.29) is 6.03 Å². The Hall–Kier alpha value is -3.84. The molecule has 0 radical (unpaired) electrons. The summed E-state index contributed by atoms with van der Waals surface area (Å²) in [6, 6.07) is 25.2. The summed E-state index contributed by atoms with van der Waals surface area (Å²) in [6.45, 7) is 0.696. The highest BCUT2D eigenvalue weighted by Gasteiger charge is 2.31. The van der Waals surface area contributed by atoms with Gasteiger partial charge in [0.2, 0.25) is 0 Å². The molecule has 1 aliphatic rings. The summed E-state index contributed by atoms with van der Waals surface area (Å²) in [5.41, 5.74) is 2.66. The van der Waals surface area contributed by atoms with Crippen molar-refractivity contribution in [1.29, 1.82) is 0 Å². The first-order chi connectivity index (χ1) is 16.7. The number of anilines is 2. The molecule has 0 bridgehead atoms. The second-order valence-corrected chi connectivity index (χ2v) is 8.86. The Morgan fingerprint density at radius 2 is 1.53 bits per heavy atom. The molecule has 0 spiro atoms. The zero-order valence-corrected chi connectivity index (χ0v) is 19.7. The maximum Gasteiger partial charge on any atom is 0.329 e. The average Bonchev–Trinajstić information content (AvgIpc) is 3.39. The third kappa shape index (κ3) is 4.22. The van der Waals surface area contributed by atoms with Gasteiger partial charge in [-0.2, -0.15) is 0 Å². The van der Waals surface area contributed by atoms with Gasteiger partial charge in [0.1, 0.15) is 5.76 Å². The van der Waals surface area contributed by atoms with Gasteiger partial charge >= 0.3 is 6.03 Å². The highest BCUT2D eigenvalue weighted by Crippen LogP contribution is 2.48. The van der Waals surface area contributed by atoms with E-state index in [2.05, 4.69) is 0 Å². The van der Waals surface area contributed by atoms with Crippen LogP contribution in [0.2, 0.25) is 0 Å². The Morgan fingerprint density at radius 1 is 0.853 bits per heavy atom. The quantitative estimate of drug-likeness (QED) is 0.312. The Balaban J connectivity index is 1.54. The van der Waals surface area contributed by atoms with E-state index in [1.165, 1.54) is 0 Å². The van der Waals surface area contributed by atoms with Crippen molar-refractivity contribution in [3.05, 3.63) is 96.4 Å². The number of rotatable bonds is 6. The predicted molar refractivity (Wildman–Crippen MR) is 132 cm³/mol. The van der Waals surface area contributed by atoms with Gasteiger partial charge in [0.25, 0.3) is 0 Å². The van der Waals surface area contributed by atoms with Gasteiger partial charge in [-0.1, -0.05) is 42.1 Å². The molecule has 0 aliphatic carbocycles. The van der Waals surface area contributed by atoms with E-state index >= 15 is 0 Å². The van der Waals surface area contributed by atoms with Crippen LogP contribution in [0.1, 0.15) is 11.3 Å². The van der Waals surface area contributed by atoms with Crippen LogP contribution in [0.25, 0.3) is 0 Å². The molecule has 0 N–H and O–H groups in total. The van der Waals surface area contributed by atoms with E-state index in [0.717, 1.165) is 26.7 Å². The number of fused-ring (bicyclic) bond motifs is 2. The van der Waals surface area contributed by atoms with Gasteiger partial charge in [-0.15, -0.1) is 0 Å². The molecular formula is C27H24N2O4S. The average molecular weight is 473 g/mol. The van der Waals surface area contributed by atoms with Crippen molar-refractivity contribution >= 4 is 29.2 Å². The summed E-state index contributed by atoms with van der Waals surface area (Å²) in [5, 5.41) is 0. The lowest BCUT2D eigenvalue weighted by Crippen LogP contribution is -2.41. The Bertz CT molecular complexity index is 1260. The summed E-state index contributed by atoms with van der Waals surface area (Å²) in [4.78, 5) is 19.8. The van der Waals surface area contributed by atoms with Gasteiger partial charge in [0.15, 0.2) is 11.5 Å². The van der Waals surface area contributed by atoms with Gasteiger partial charge in [0, 0.05) is 16.3 Å². The van der Waals surface area contributed by atoms with Gasteiger partial charge < -0.3 is 18.8 Å². The zero-order valence-electron chi connectivity index (χ0n) is 18.9. The molecule has 0 unspecified atom stereocenters. The highest BCUT2D eigenvalue weighted by molar-refractivity contribution is 7.99. The van der Waals surface area contributed by atoms with E-state index in [9.17, 15) is 4.79 Å². The molecule has 2 heterocycles. The van der Waals surface area contributed by atoms with Crippen molar-refractivity contribution in [2.75, 3.05) is 19.1 Å². The number of carbonyl (C=O) groups excluding carboxylic acids is 1. The second-order valence-electron chi connectivity index (χ2n) is 7.78. The van der Waals surface area contributed by atoms with Crippen molar-refractivity contribution in [1.82, 2.24) is 4.90 Å². The number of hydrogen-bond acceptors (Lipinski definition) is 5. The van der Waals surface area contributed by atoms with Crippen LogP contribution >= 0.6 is 11.8 Å². The lowest BCUT2D eigenvalue weighted by Gasteiger charge is -2.35. The Labute approximate surface area is 202 Å².